The highest BCUT2D eigenvalue weighted by Gasteiger charge is 2.22. The third-order valence-corrected chi connectivity index (χ3v) is 6.69. The summed E-state index contributed by atoms with van der Waals surface area (Å²) in [6, 6.07) is 17.8. The molecule has 5 rings (SSSR count). The summed E-state index contributed by atoms with van der Waals surface area (Å²) in [7, 11) is 0. The minimum Gasteiger partial charge on any atom is -0.493 e. The predicted octanol–water partition coefficient (Wildman–Crippen LogP) is 5.35. The molecule has 0 bridgehead atoms. The number of hydrogen-bond donors (Lipinski definition) is 3. The number of aliphatic imine (C=N–C) groups is 1. The normalized spacial score (nSPS) is 11.8. The van der Waals surface area contributed by atoms with E-state index in [-0.39, 0.29) is 23.6 Å². The second-order valence-electron chi connectivity index (χ2n) is 8.26. The van der Waals surface area contributed by atoms with Crippen LogP contribution in [0, 0.1) is 5.82 Å². The van der Waals surface area contributed by atoms with Gasteiger partial charge in [0.1, 0.15) is 11.4 Å². The van der Waals surface area contributed by atoms with Crippen LogP contribution >= 0.6 is 27.5 Å². The highest BCUT2D eigenvalue weighted by Crippen LogP contribution is 2.23. The Morgan fingerprint density at radius 1 is 1.05 bits per heavy atom. The van der Waals surface area contributed by atoms with Gasteiger partial charge in [-0.3, -0.25) is 14.8 Å². The lowest BCUT2D eigenvalue weighted by atomic mass is 10.0. The Hall–Kier alpha value is -3.95. The van der Waals surface area contributed by atoms with E-state index >= 15 is 0 Å². The first-order chi connectivity index (χ1) is 17.8. The summed E-state index contributed by atoms with van der Waals surface area (Å²) in [5, 5.41) is 12.4. The van der Waals surface area contributed by atoms with Gasteiger partial charge >= 0.3 is 5.69 Å². The minimum absolute atomic E-state index is 0.158. The van der Waals surface area contributed by atoms with E-state index in [1.807, 2.05) is 0 Å². The molecule has 0 fully saturated rings. The number of halogens is 3. The number of aromatic hydroxyl groups is 1. The van der Waals surface area contributed by atoms with Crippen LogP contribution in [0.15, 0.2) is 92.0 Å². The SMILES string of the molecule is O=c1[nH]c(=O)n(-c2ccc(Br)cc2)c(O)c1C(=NCCc1c[nH]c2ccc(F)cc12)c1ccc(Cl)cc1. The molecule has 0 atom stereocenters. The van der Waals surface area contributed by atoms with Crippen molar-refractivity contribution in [2.24, 2.45) is 4.99 Å². The highest BCUT2D eigenvalue weighted by atomic mass is 79.9. The average molecular weight is 582 g/mol. The molecule has 0 aliphatic rings. The third kappa shape index (κ3) is 5.00. The number of aromatic nitrogens is 3. The molecule has 0 saturated heterocycles. The summed E-state index contributed by atoms with van der Waals surface area (Å²) in [5.74, 6) is -0.885. The molecule has 10 heteroatoms. The van der Waals surface area contributed by atoms with Crippen molar-refractivity contribution in [3.05, 3.63) is 126 Å². The fourth-order valence-corrected chi connectivity index (χ4v) is 4.53. The molecule has 3 N–H and O–H groups in total. The lowest BCUT2D eigenvalue weighted by molar-refractivity contribution is 0.430. The number of aromatic amines is 2. The van der Waals surface area contributed by atoms with E-state index in [1.54, 1.807) is 60.8 Å². The Balaban J connectivity index is 1.61. The molecule has 0 radical (unpaired) electrons. The molecule has 0 aliphatic heterocycles. The predicted molar refractivity (Wildman–Crippen MR) is 146 cm³/mol. The molecule has 0 amide bonds. The van der Waals surface area contributed by atoms with Crippen LogP contribution in [0.4, 0.5) is 4.39 Å². The van der Waals surface area contributed by atoms with E-state index in [4.69, 9.17) is 11.6 Å². The number of hydrogen-bond acceptors (Lipinski definition) is 4. The molecule has 0 aliphatic carbocycles. The molecule has 37 heavy (non-hydrogen) atoms. The van der Waals surface area contributed by atoms with Gasteiger partial charge in [0, 0.05) is 38.7 Å². The van der Waals surface area contributed by atoms with Crippen LogP contribution in [0.3, 0.4) is 0 Å². The minimum atomic E-state index is -0.787. The molecular weight excluding hydrogens is 563 g/mol. The lowest BCUT2D eigenvalue weighted by Gasteiger charge is -2.14. The van der Waals surface area contributed by atoms with Crippen LogP contribution in [-0.2, 0) is 6.42 Å². The molecule has 3 aromatic carbocycles. The molecule has 0 unspecified atom stereocenters. The van der Waals surface area contributed by atoms with Gasteiger partial charge in [-0.05, 0) is 66.6 Å². The zero-order chi connectivity index (χ0) is 26.1. The molecule has 7 nitrogen and oxygen atoms in total. The van der Waals surface area contributed by atoms with Crippen LogP contribution in [0.2, 0.25) is 5.02 Å². The second kappa shape index (κ2) is 10.2. The van der Waals surface area contributed by atoms with Crippen molar-refractivity contribution in [3.8, 4) is 11.6 Å². The Kier molecular flexibility index (Phi) is 6.82. The quantitative estimate of drug-likeness (QED) is 0.236. The van der Waals surface area contributed by atoms with Gasteiger partial charge in [-0.1, -0.05) is 39.7 Å². The molecule has 0 saturated carbocycles. The van der Waals surface area contributed by atoms with Gasteiger partial charge in [0.25, 0.3) is 5.56 Å². The number of H-pyrrole nitrogens is 2. The maximum atomic E-state index is 13.8. The van der Waals surface area contributed by atoms with Crippen molar-refractivity contribution in [2.75, 3.05) is 6.54 Å². The summed E-state index contributed by atoms with van der Waals surface area (Å²) in [6.07, 6.45) is 2.23. The smallest absolute Gasteiger partial charge is 0.335 e. The van der Waals surface area contributed by atoms with Crippen LogP contribution in [0.25, 0.3) is 16.6 Å². The van der Waals surface area contributed by atoms with Gasteiger partial charge in [0.2, 0.25) is 5.88 Å². The van der Waals surface area contributed by atoms with Crippen molar-refractivity contribution in [1.82, 2.24) is 14.5 Å². The molecule has 186 valence electrons. The maximum Gasteiger partial charge on any atom is 0.335 e. The van der Waals surface area contributed by atoms with E-state index in [0.29, 0.717) is 22.7 Å². The monoisotopic (exact) mass is 580 g/mol. The zero-order valence-corrected chi connectivity index (χ0v) is 21.5. The summed E-state index contributed by atoms with van der Waals surface area (Å²) >= 11 is 9.41. The van der Waals surface area contributed by atoms with Gasteiger partial charge in [0.05, 0.1) is 11.4 Å². The van der Waals surface area contributed by atoms with Gasteiger partial charge in [-0.2, -0.15) is 0 Å². The Morgan fingerprint density at radius 2 is 1.78 bits per heavy atom. The van der Waals surface area contributed by atoms with Gasteiger partial charge < -0.3 is 10.1 Å². The van der Waals surface area contributed by atoms with Crippen molar-refractivity contribution in [2.45, 2.75) is 6.42 Å². The van der Waals surface area contributed by atoms with Crippen molar-refractivity contribution < 1.29 is 9.50 Å². The number of benzene rings is 3. The Morgan fingerprint density at radius 3 is 2.51 bits per heavy atom. The summed E-state index contributed by atoms with van der Waals surface area (Å²) in [5.41, 5.74) is 1.00. The molecule has 2 heterocycles. The fourth-order valence-electron chi connectivity index (χ4n) is 4.14. The first kappa shape index (κ1) is 24.7. The summed E-state index contributed by atoms with van der Waals surface area (Å²) in [6.45, 7) is 0.220. The van der Waals surface area contributed by atoms with Crippen LogP contribution < -0.4 is 11.2 Å². The van der Waals surface area contributed by atoms with Crippen molar-refractivity contribution in [3.63, 3.8) is 0 Å². The molecule has 0 spiro atoms. The first-order valence-electron chi connectivity index (χ1n) is 11.2. The van der Waals surface area contributed by atoms with Crippen molar-refractivity contribution in [1.29, 1.82) is 0 Å². The van der Waals surface area contributed by atoms with E-state index in [9.17, 15) is 19.1 Å². The highest BCUT2D eigenvalue weighted by molar-refractivity contribution is 9.10. The third-order valence-electron chi connectivity index (χ3n) is 5.91. The molecular formula is C27H19BrClFN4O3. The second-order valence-corrected chi connectivity index (χ2v) is 9.61. The lowest BCUT2D eigenvalue weighted by Crippen LogP contribution is -2.33. The van der Waals surface area contributed by atoms with Gasteiger partial charge in [0.15, 0.2) is 0 Å². The largest absolute Gasteiger partial charge is 0.493 e. The topological polar surface area (TPSA) is 103 Å². The number of rotatable bonds is 6. The number of nitrogens with zero attached hydrogens (tertiary/aromatic N) is 2. The summed E-state index contributed by atoms with van der Waals surface area (Å²) in [4.78, 5) is 35.7. The number of fused-ring (bicyclic) bond motifs is 1. The molecule has 2 aromatic heterocycles. The summed E-state index contributed by atoms with van der Waals surface area (Å²) < 4.78 is 15.6. The van der Waals surface area contributed by atoms with Gasteiger partial charge in [-0.15, -0.1) is 0 Å². The Labute approximate surface area is 223 Å². The van der Waals surface area contributed by atoms with Gasteiger partial charge in [-0.25, -0.2) is 13.8 Å². The van der Waals surface area contributed by atoms with E-state index in [2.05, 4.69) is 30.9 Å². The van der Waals surface area contributed by atoms with E-state index < -0.39 is 17.1 Å². The maximum absolute atomic E-state index is 13.8. The number of nitrogens with one attached hydrogen (secondary N) is 2. The Bertz CT molecular complexity index is 1760. The first-order valence-corrected chi connectivity index (χ1v) is 12.4. The molecule has 5 aromatic rings. The van der Waals surface area contributed by atoms with Crippen LogP contribution in [0.1, 0.15) is 16.7 Å². The van der Waals surface area contributed by atoms with E-state index in [0.717, 1.165) is 25.5 Å². The van der Waals surface area contributed by atoms with Crippen molar-refractivity contribution >= 4 is 44.1 Å². The fraction of sp³-hybridized carbons (Fsp3) is 0.0741. The van der Waals surface area contributed by atoms with E-state index in [1.165, 1.54) is 12.1 Å². The standard InChI is InChI=1S/C27H19BrClFN4O3/c28-17-3-8-20(9-4-17)34-26(36)23(25(35)33-27(34)37)24(15-1-5-18(29)6-2-15)31-12-11-16-14-32-22-10-7-19(30)13-21(16)22/h1-10,13-14,32,36H,11-12H2,(H,33,35,37). The van der Waals surface area contributed by atoms with Crippen LogP contribution in [-0.4, -0.2) is 31.9 Å². The zero-order valence-electron chi connectivity index (χ0n) is 19.1. The average Bonchev–Trinajstić information content (AvgIpc) is 3.26. The van der Waals surface area contributed by atoms with Crippen LogP contribution in [0.5, 0.6) is 5.88 Å².